The smallest absolute Gasteiger partial charge is 0.399 e. The van der Waals surface area contributed by atoms with Gasteiger partial charge >= 0.3 is 7.12 Å². The highest BCUT2D eigenvalue weighted by Gasteiger charge is 2.52. The summed E-state index contributed by atoms with van der Waals surface area (Å²) in [5, 5.41) is 22.6. The van der Waals surface area contributed by atoms with Gasteiger partial charge in [0.05, 0.1) is 33.2 Å². The van der Waals surface area contributed by atoms with Crippen molar-refractivity contribution in [2.45, 2.75) is 57.2 Å². The molecule has 2 aromatic carbocycles. The molecule has 0 spiro atoms. The lowest BCUT2D eigenvalue weighted by Gasteiger charge is -2.33. The van der Waals surface area contributed by atoms with Crippen molar-refractivity contribution in [3.63, 3.8) is 0 Å². The molecule has 43 heavy (non-hydrogen) atoms. The van der Waals surface area contributed by atoms with Crippen LogP contribution < -0.4 is 5.46 Å². The van der Waals surface area contributed by atoms with E-state index in [1.165, 1.54) is 12.3 Å². The molecule has 2 aliphatic heterocycles. The number of benzene rings is 2. The minimum Gasteiger partial charge on any atom is -0.399 e. The minimum absolute atomic E-state index is 0.173. The molecule has 0 N–H and O–H groups in total. The van der Waals surface area contributed by atoms with Crippen molar-refractivity contribution < 1.29 is 19.0 Å². The summed E-state index contributed by atoms with van der Waals surface area (Å²) in [5.74, 6) is -0.173. The van der Waals surface area contributed by atoms with Crippen molar-refractivity contribution in [1.29, 1.82) is 5.26 Å². The Labute approximate surface area is 255 Å². The molecular formula is C31H34BN5O5S. The Morgan fingerprint density at radius 3 is 2.23 bits per heavy atom. The van der Waals surface area contributed by atoms with Crippen molar-refractivity contribution in [3.05, 3.63) is 63.8 Å². The normalized spacial score (nSPS) is 20.7. The second-order valence-electron chi connectivity index (χ2n) is 12.5. The maximum absolute atomic E-state index is 14.1. The third-order valence-electron chi connectivity index (χ3n) is 9.40. The third-order valence-corrected chi connectivity index (χ3v) is 10.3. The monoisotopic (exact) mass is 599 g/mol. The number of carbonyl (C=O) groups is 1. The third kappa shape index (κ3) is 5.08. The molecule has 3 aromatic rings. The molecule has 1 aromatic heterocycles. The van der Waals surface area contributed by atoms with Crippen LogP contribution in [0.3, 0.4) is 0 Å². The molecule has 6 rings (SSSR count). The summed E-state index contributed by atoms with van der Waals surface area (Å²) in [6.07, 6.45) is 5.12. The van der Waals surface area contributed by atoms with Gasteiger partial charge in [0.25, 0.3) is 11.6 Å². The highest BCUT2D eigenvalue weighted by atomic mass is 32.2. The van der Waals surface area contributed by atoms with Crippen molar-refractivity contribution in [2.24, 2.45) is 0 Å². The molecule has 3 aliphatic rings. The molecule has 2 saturated heterocycles. The molecule has 1 saturated carbocycles. The van der Waals surface area contributed by atoms with E-state index in [1.807, 2.05) is 63.1 Å². The Bertz CT molecular complexity index is 1640. The van der Waals surface area contributed by atoms with Gasteiger partial charge in [0, 0.05) is 49.4 Å². The van der Waals surface area contributed by atoms with Gasteiger partial charge in [-0.2, -0.15) is 5.26 Å². The maximum Gasteiger partial charge on any atom is 0.495 e. The second-order valence-corrected chi connectivity index (χ2v) is 13.4. The van der Waals surface area contributed by atoms with E-state index in [0.717, 1.165) is 37.1 Å². The van der Waals surface area contributed by atoms with Crippen LogP contribution in [0.15, 0.2) is 42.6 Å². The number of piperazine rings is 1. The Hall–Kier alpha value is -3.50. The molecule has 222 valence electrons. The first-order chi connectivity index (χ1) is 20.4. The van der Waals surface area contributed by atoms with Crippen LogP contribution in [0.4, 0.5) is 5.69 Å². The molecule has 3 fully saturated rings. The van der Waals surface area contributed by atoms with Gasteiger partial charge in [0.15, 0.2) is 0 Å². The van der Waals surface area contributed by atoms with Gasteiger partial charge in [-0.15, -0.1) is 0 Å². The number of aromatic nitrogens is 1. The van der Waals surface area contributed by atoms with E-state index in [4.69, 9.17) is 9.31 Å². The largest absolute Gasteiger partial charge is 0.495 e. The quantitative estimate of drug-likeness (QED) is 0.172. The molecule has 3 heterocycles. The van der Waals surface area contributed by atoms with E-state index in [-0.39, 0.29) is 17.1 Å². The number of nitriles is 1. The van der Waals surface area contributed by atoms with E-state index in [2.05, 4.69) is 15.4 Å². The Morgan fingerprint density at radius 1 is 1.07 bits per heavy atom. The fraction of sp³-hybridized carbons (Fsp3) is 0.452. The average Bonchev–Trinajstić information content (AvgIpc) is 3.76. The van der Waals surface area contributed by atoms with Crippen molar-refractivity contribution in [1.82, 2.24) is 14.2 Å². The summed E-state index contributed by atoms with van der Waals surface area (Å²) in [4.78, 5) is 32.3. The van der Waals surface area contributed by atoms with E-state index in [0.29, 0.717) is 35.1 Å². The molecule has 0 bridgehead atoms. The van der Waals surface area contributed by atoms with Gasteiger partial charge in [-0.05, 0) is 63.4 Å². The molecule has 10 nitrogen and oxygen atoms in total. The topological polar surface area (TPSA) is 122 Å². The maximum atomic E-state index is 14.1. The zero-order chi connectivity index (χ0) is 30.7. The fourth-order valence-electron chi connectivity index (χ4n) is 5.82. The van der Waals surface area contributed by atoms with Crippen LogP contribution in [0.1, 0.15) is 56.5 Å². The number of hydrogen-bond acceptors (Lipinski definition) is 9. The number of non-ortho nitro benzene ring substituents is 1. The van der Waals surface area contributed by atoms with Crippen LogP contribution in [0.5, 0.6) is 0 Å². The highest BCUT2D eigenvalue weighted by Crippen LogP contribution is 2.48. The van der Waals surface area contributed by atoms with Crippen LogP contribution >= 0.6 is 11.9 Å². The number of nitro benzene ring substituents is 1. The average molecular weight is 600 g/mol. The van der Waals surface area contributed by atoms with Crippen LogP contribution in [-0.4, -0.2) is 75.8 Å². The van der Waals surface area contributed by atoms with Crippen LogP contribution in [0, 0.1) is 21.4 Å². The number of nitrogens with zero attached hydrogens (tertiary/aromatic N) is 5. The van der Waals surface area contributed by atoms with Gasteiger partial charge in [0.1, 0.15) is 5.52 Å². The lowest BCUT2D eigenvalue weighted by molar-refractivity contribution is -0.383. The molecule has 0 radical (unpaired) electrons. The van der Waals surface area contributed by atoms with Crippen molar-refractivity contribution >= 4 is 47.0 Å². The summed E-state index contributed by atoms with van der Waals surface area (Å²) in [6, 6.07) is 13.3. The molecule has 0 unspecified atom stereocenters. The summed E-state index contributed by atoms with van der Waals surface area (Å²) in [6.45, 7) is 10.3. The number of carbonyl (C=O) groups excluding carboxylic acids is 1. The number of rotatable bonds is 6. The first-order valence-electron chi connectivity index (χ1n) is 14.5. The number of fused-ring (bicyclic) bond motifs is 1. The van der Waals surface area contributed by atoms with Gasteiger partial charge < -0.3 is 14.2 Å². The van der Waals surface area contributed by atoms with Gasteiger partial charge in [-0.3, -0.25) is 14.9 Å². The predicted molar refractivity (Wildman–Crippen MR) is 167 cm³/mol. The van der Waals surface area contributed by atoms with Crippen molar-refractivity contribution in [2.75, 3.05) is 32.4 Å². The van der Waals surface area contributed by atoms with Gasteiger partial charge in [0.2, 0.25) is 0 Å². The number of pyridine rings is 1. The van der Waals surface area contributed by atoms with Gasteiger partial charge in [-0.1, -0.05) is 42.3 Å². The van der Waals surface area contributed by atoms with Crippen molar-refractivity contribution in [3.8, 4) is 17.2 Å². The molecule has 1 amide bonds. The molecule has 0 atom stereocenters. The second kappa shape index (κ2) is 10.6. The Balaban J connectivity index is 1.54. The summed E-state index contributed by atoms with van der Waals surface area (Å²) >= 11 is 1.66. The predicted octanol–water partition coefficient (Wildman–Crippen LogP) is 4.70. The van der Waals surface area contributed by atoms with Gasteiger partial charge in [-0.25, -0.2) is 9.29 Å². The summed E-state index contributed by atoms with van der Waals surface area (Å²) in [5.41, 5.74) is 1.32. The first-order valence-corrected chi connectivity index (χ1v) is 15.6. The highest BCUT2D eigenvalue weighted by molar-refractivity contribution is 7.96. The standard InChI is InChI=1S/C31H34BN5O5S/c1-29(2)30(3,4)42-32(41-29)22-16-23-26(20-6-8-21(9-7-20)31(19-33)10-11-31)24(18-34-27(23)25(17-22)37(39)40)28(38)35-12-14-36(43-5)15-13-35/h6-9,16-18H,10-15H2,1-5H3. The number of nitro groups is 1. The lowest BCUT2D eigenvalue weighted by atomic mass is 9.77. The molecule has 12 heteroatoms. The SMILES string of the molecule is CSN1CCN(C(=O)c2cnc3c([N+](=O)[O-])cc(B4OC(C)(C)C(C)(C)O4)cc3c2-c2ccc(C3(C#N)CC3)cc2)CC1. The number of amides is 1. The van der Waals surface area contributed by atoms with E-state index in [1.54, 1.807) is 18.0 Å². The van der Waals surface area contributed by atoms with E-state index in [9.17, 15) is 20.2 Å². The molecule has 1 aliphatic carbocycles. The Kier molecular flexibility index (Phi) is 7.28. The van der Waals surface area contributed by atoms with E-state index >= 15 is 0 Å². The van der Waals surface area contributed by atoms with Crippen LogP contribution in [-0.2, 0) is 14.7 Å². The van der Waals surface area contributed by atoms with E-state index < -0.39 is 28.7 Å². The fourth-order valence-corrected chi connectivity index (χ4v) is 6.35. The Morgan fingerprint density at radius 2 is 1.70 bits per heavy atom. The lowest BCUT2D eigenvalue weighted by Crippen LogP contribution is -2.46. The zero-order valence-corrected chi connectivity index (χ0v) is 25.9. The summed E-state index contributed by atoms with van der Waals surface area (Å²) in [7, 11) is -0.840. The molecular weight excluding hydrogens is 565 g/mol. The number of hydrogen-bond donors (Lipinski definition) is 0. The zero-order valence-electron chi connectivity index (χ0n) is 25.0. The first kappa shape index (κ1) is 29.6. The minimum atomic E-state index is -0.840. The van der Waals surface area contributed by atoms with Crippen LogP contribution in [0.2, 0.25) is 0 Å². The van der Waals surface area contributed by atoms with Crippen LogP contribution in [0.25, 0.3) is 22.0 Å². The summed E-state index contributed by atoms with van der Waals surface area (Å²) < 4.78 is 14.7.